The summed E-state index contributed by atoms with van der Waals surface area (Å²) in [5.74, 6) is -1.55. The molecule has 4 atom stereocenters. The molecule has 3 rings (SSSR count). The Hall–Kier alpha value is -2.33. The molecule has 0 aliphatic carbocycles. The highest BCUT2D eigenvalue weighted by molar-refractivity contribution is 5.93. The van der Waals surface area contributed by atoms with E-state index in [0.29, 0.717) is 0 Å². The standard InChI is InChI=1S/C16H16FNO7/c1-24-16(23)9-5-18(15-14(22)13(21)11(6-19)25-15)10-4-7(17)2-3-8(10)12(9)20/h2-5,11,13-15,19,21-22H,6H2,1H3/t11-,13-,14-,15-/m1/s1. The molecule has 8 nitrogen and oxygen atoms in total. The zero-order valence-corrected chi connectivity index (χ0v) is 13.1. The molecule has 2 aromatic rings. The Bertz CT molecular complexity index is 881. The Labute approximate surface area is 140 Å². The highest BCUT2D eigenvalue weighted by atomic mass is 19.1. The van der Waals surface area contributed by atoms with Gasteiger partial charge in [-0.05, 0) is 18.2 Å². The fourth-order valence-corrected chi connectivity index (χ4v) is 2.90. The summed E-state index contributed by atoms with van der Waals surface area (Å²) in [5.41, 5.74) is -0.934. The zero-order valence-electron chi connectivity index (χ0n) is 13.1. The van der Waals surface area contributed by atoms with Crippen molar-refractivity contribution in [1.82, 2.24) is 4.57 Å². The van der Waals surface area contributed by atoms with E-state index in [1.54, 1.807) is 0 Å². The van der Waals surface area contributed by atoms with E-state index in [0.717, 1.165) is 25.4 Å². The molecule has 3 N–H and O–H groups in total. The second-order valence-electron chi connectivity index (χ2n) is 5.66. The Morgan fingerprint density at radius 3 is 2.68 bits per heavy atom. The van der Waals surface area contributed by atoms with Gasteiger partial charge >= 0.3 is 5.97 Å². The van der Waals surface area contributed by atoms with Crippen LogP contribution in [0.5, 0.6) is 0 Å². The van der Waals surface area contributed by atoms with E-state index < -0.39 is 48.4 Å². The summed E-state index contributed by atoms with van der Waals surface area (Å²) in [5, 5.41) is 29.3. The van der Waals surface area contributed by atoms with E-state index in [1.165, 1.54) is 10.6 Å². The number of esters is 1. The second-order valence-corrected chi connectivity index (χ2v) is 5.66. The van der Waals surface area contributed by atoms with Gasteiger partial charge in [0.2, 0.25) is 5.43 Å². The average Bonchev–Trinajstić information content (AvgIpc) is 2.89. The summed E-state index contributed by atoms with van der Waals surface area (Å²) in [6, 6.07) is 3.32. The fraction of sp³-hybridized carbons (Fsp3) is 0.375. The number of hydrogen-bond donors (Lipinski definition) is 3. The van der Waals surface area contributed by atoms with Crippen molar-refractivity contribution < 1.29 is 34.0 Å². The van der Waals surface area contributed by atoms with Gasteiger partial charge in [0, 0.05) is 11.6 Å². The van der Waals surface area contributed by atoms with Crippen LogP contribution in [0, 0.1) is 5.82 Å². The molecule has 1 saturated heterocycles. The first-order chi connectivity index (χ1) is 11.9. The van der Waals surface area contributed by atoms with Crippen molar-refractivity contribution in [3.05, 3.63) is 46.0 Å². The van der Waals surface area contributed by atoms with Crippen LogP contribution in [0.3, 0.4) is 0 Å². The molecule has 0 saturated carbocycles. The molecular weight excluding hydrogens is 337 g/mol. The Morgan fingerprint density at radius 1 is 1.36 bits per heavy atom. The van der Waals surface area contributed by atoms with E-state index >= 15 is 0 Å². The summed E-state index contributed by atoms with van der Waals surface area (Å²) in [4.78, 5) is 24.3. The molecule has 25 heavy (non-hydrogen) atoms. The molecule has 9 heteroatoms. The van der Waals surface area contributed by atoms with Gasteiger partial charge in [-0.2, -0.15) is 0 Å². The number of carbonyl (C=O) groups is 1. The molecule has 0 spiro atoms. The maximum atomic E-state index is 13.7. The number of aliphatic hydroxyl groups is 3. The lowest BCUT2D eigenvalue weighted by atomic mass is 10.1. The third kappa shape index (κ3) is 2.81. The van der Waals surface area contributed by atoms with E-state index in [9.17, 15) is 29.3 Å². The van der Waals surface area contributed by atoms with Gasteiger partial charge in [0.1, 0.15) is 29.7 Å². The number of halogens is 1. The second kappa shape index (κ2) is 6.52. The minimum absolute atomic E-state index is 0.0158. The smallest absolute Gasteiger partial charge is 0.343 e. The molecular formula is C16H16FNO7. The van der Waals surface area contributed by atoms with E-state index in [2.05, 4.69) is 4.74 Å². The maximum Gasteiger partial charge on any atom is 0.343 e. The summed E-state index contributed by atoms with van der Waals surface area (Å²) in [7, 11) is 1.10. The number of rotatable bonds is 3. The van der Waals surface area contributed by atoms with Crippen molar-refractivity contribution in [2.45, 2.75) is 24.5 Å². The fourth-order valence-electron chi connectivity index (χ4n) is 2.90. The van der Waals surface area contributed by atoms with E-state index in [4.69, 9.17) is 4.74 Å². The highest BCUT2D eigenvalue weighted by Gasteiger charge is 2.43. The van der Waals surface area contributed by atoms with Gasteiger partial charge in [0.15, 0.2) is 6.23 Å². The van der Waals surface area contributed by atoms with Gasteiger partial charge in [-0.1, -0.05) is 0 Å². The topological polar surface area (TPSA) is 118 Å². The molecule has 1 aliphatic rings. The van der Waals surface area contributed by atoms with Gasteiger partial charge in [-0.3, -0.25) is 4.79 Å². The third-order valence-electron chi connectivity index (χ3n) is 4.19. The van der Waals surface area contributed by atoms with Gasteiger partial charge in [-0.25, -0.2) is 9.18 Å². The summed E-state index contributed by atoms with van der Waals surface area (Å²) < 4.78 is 24.8. The predicted octanol–water partition coefficient (Wildman–Crippen LogP) is -0.461. The number of aromatic nitrogens is 1. The Balaban J connectivity index is 2.26. The zero-order chi connectivity index (χ0) is 18.3. The molecule has 0 bridgehead atoms. The van der Waals surface area contributed by atoms with Crippen LogP contribution in [0.25, 0.3) is 10.9 Å². The van der Waals surface area contributed by atoms with Crippen molar-refractivity contribution in [3.8, 4) is 0 Å². The molecule has 1 fully saturated rings. The first-order valence-electron chi connectivity index (χ1n) is 7.44. The highest BCUT2D eigenvalue weighted by Crippen LogP contribution is 2.31. The number of aliphatic hydroxyl groups excluding tert-OH is 3. The Morgan fingerprint density at radius 2 is 2.08 bits per heavy atom. The van der Waals surface area contributed by atoms with Crippen molar-refractivity contribution in [3.63, 3.8) is 0 Å². The number of hydrogen-bond acceptors (Lipinski definition) is 7. The van der Waals surface area contributed by atoms with Crippen LogP contribution in [0.2, 0.25) is 0 Å². The normalized spacial score (nSPS) is 26.1. The molecule has 1 aromatic heterocycles. The van der Waals surface area contributed by atoms with Crippen molar-refractivity contribution in [2.75, 3.05) is 13.7 Å². The minimum atomic E-state index is -1.46. The number of methoxy groups -OCH3 is 1. The van der Waals surface area contributed by atoms with Crippen LogP contribution in [-0.4, -0.2) is 57.9 Å². The molecule has 134 valence electrons. The predicted molar refractivity (Wildman–Crippen MR) is 82.5 cm³/mol. The van der Waals surface area contributed by atoms with Crippen LogP contribution in [0.1, 0.15) is 16.6 Å². The van der Waals surface area contributed by atoms with E-state index in [1.807, 2.05) is 0 Å². The number of carbonyl (C=O) groups excluding carboxylic acids is 1. The van der Waals surface area contributed by atoms with Crippen molar-refractivity contribution >= 4 is 16.9 Å². The molecule has 1 aliphatic heterocycles. The number of nitrogens with zero attached hydrogens (tertiary/aromatic N) is 1. The van der Waals surface area contributed by atoms with Crippen molar-refractivity contribution in [1.29, 1.82) is 0 Å². The van der Waals surface area contributed by atoms with Gasteiger partial charge < -0.3 is 29.4 Å². The molecule has 1 aromatic carbocycles. The number of benzene rings is 1. The quantitative estimate of drug-likeness (QED) is 0.639. The lowest BCUT2D eigenvalue weighted by molar-refractivity contribution is -0.0510. The lowest BCUT2D eigenvalue weighted by Crippen LogP contribution is -2.33. The number of fused-ring (bicyclic) bond motifs is 1. The maximum absolute atomic E-state index is 13.7. The largest absolute Gasteiger partial charge is 0.465 e. The molecule has 0 unspecified atom stereocenters. The van der Waals surface area contributed by atoms with Gasteiger partial charge in [0.05, 0.1) is 19.2 Å². The van der Waals surface area contributed by atoms with Gasteiger partial charge in [-0.15, -0.1) is 0 Å². The Kier molecular flexibility index (Phi) is 4.56. The third-order valence-corrected chi connectivity index (χ3v) is 4.19. The lowest BCUT2D eigenvalue weighted by Gasteiger charge is -2.21. The summed E-state index contributed by atoms with van der Waals surface area (Å²) in [6.07, 6.45) is -4.07. The number of pyridine rings is 1. The van der Waals surface area contributed by atoms with E-state index in [-0.39, 0.29) is 16.5 Å². The number of ether oxygens (including phenoxy) is 2. The summed E-state index contributed by atoms with van der Waals surface area (Å²) in [6.45, 7) is -0.551. The molecule has 2 heterocycles. The molecule has 0 amide bonds. The van der Waals surface area contributed by atoms with Crippen LogP contribution in [-0.2, 0) is 9.47 Å². The van der Waals surface area contributed by atoms with Crippen LogP contribution < -0.4 is 5.43 Å². The van der Waals surface area contributed by atoms with Crippen molar-refractivity contribution in [2.24, 2.45) is 0 Å². The molecule has 0 radical (unpaired) electrons. The first-order valence-corrected chi connectivity index (χ1v) is 7.44. The average molecular weight is 353 g/mol. The SMILES string of the molecule is COC(=O)c1cn([C@@H]2O[C@H](CO)[C@@H](O)[C@H]2O)c2cc(F)ccc2c1=O. The monoisotopic (exact) mass is 353 g/mol. The summed E-state index contributed by atoms with van der Waals surface area (Å²) >= 11 is 0. The minimum Gasteiger partial charge on any atom is -0.465 e. The van der Waals surface area contributed by atoms with Gasteiger partial charge in [0.25, 0.3) is 0 Å². The van der Waals surface area contributed by atoms with Crippen LogP contribution in [0.15, 0.2) is 29.2 Å². The van der Waals surface area contributed by atoms with Crippen LogP contribution >= 0.6 is 0 Å². The first kappa shape index (κ1) is 17.5. The van der Waals surface area contributed by atoms with Crippen LogP contribution in [0.4, 0.5) is 4.39 Å².